The first kappa shape index (κ1) is 14.4. The van der Waals surface area contributed by atoms with Gasteiger partial charge in [0.1, 0.15) is 0 Å². The fourth-order valence-corrected chi connectivity index (χ4v) is 3.11. The van der Waals surface area contributed by atoms with E-state index in [0.29, 0.717) is 12.5 Å². The monoisotopic (exact) mass is 305 g/mol. The Labute approximate surface area is 129 Å². The van der Waals surface area contributed by atoms with Gasteiger partial charge >= 0.3 is 0 Å². The standard InChI is InChI=1S/C16H20ClN3O/c1-10-4-5-19-16(21)14(10)9-18-8-13-7-11-6-12(17)2-3-15(11)20-13/h2-3,6-7,10,14,18,20H,4-5,8-9H2,1H3,(H,19,21). The number of amides is 1. The van der Waals surface area contributed by atoms with Gasteiger partial charge in [0.05, 0.1) is 5.92 Å². The van der Waals surface area contributed by atoms with E-state index >= 15 is 0 Å². The Morgan fingerprint density at radius 1 is 1.38 bits per heavy atom. The average molecular weight is 306 g/mol. The zero-order chi connectivity index (χ0) is 14.8. The molecule has 1 amide bonds. The third kappa shape index (κ3) is 3.22. The summed E-state index contributed by atoms with van der Waals surface area (Å²) in [6.07, 6.45) is 1.06. The van der Waals surface area contributed by atoms with Gasteiger partial charge in [0.25, 0.3) is 0 Å². The van der Waals surface area contributed by atoms with Crippen molar-refractivity contribution < 1.29 is 4.79 Å². The second kappa shape index (κ2) is 6.08. The lowest BCUT2D eigenvalue weighted by Crippen LogP contribution is -2.45. The number of piperidine rings is 1. The molecule has 0 saturated carbocycles. The van der Waals surface area contributed by atoms with Crippen LogP contribution in [0.25, 0.3) is 10.9 Å². The van der Waals surface area contributed by atoms with Crippen LogP contribution < -0.4 is 10.6 Å². The number of carbonyl (C=O) groups is 1. The first-order chi connectivity index (χ1) is 10.1. The molecule has 1 aromatic heterocycles. The summed E-state index contributed by atoms with van der Waals surface area (Å²) < 4.78 is 0. The van der Waals surface area contributed by atoms with Crippen molar-refractivity contribution in [3.63, 3.8) is 0 Å². The lowest BCUT2D eigenvalue weighted by molar-refractivity contribution is -0.128. The van der Waals surface area contributed by atoms with Gasteiger partial charge in [0.15, 0.2) is 0 Å². The minimum atomic E-state index is 0.0672. The van der Waals surface area contributed by atoms with Gasteiger partial charge in [0, 0.05) is 41.3 Å². The predicted molar refractivity (Wildman–Crippen MR) is 85.3 cm³/mol. The summed E-state index contributed by atoms with van der Waals surface area (Å²) in [5.74, 6) is 0.676. The van der Waals surface area contributed by atoms with Gasteiger partial charge in [-0.1, -0.05) is 18.5 Å². The largest absolute Gasteiger partial charge is 0.357 e. The molecule has 112 valence electrons. The molecule has 0 radical (unpaired) electrons. The number of rotatable bonds is 4. The lowest BCUT2D eigenvalue weighted by atomic mass is 9.87. The van der Waals surface area contributed by atoms with Crippen molar-refractivity contribution in [2.45, 2.75) is 19.9 Å². The Morgan fingerprint density at radius 3 is 3.05 bits per heavy atom. The zero-order valence-corrected chi connectivity index (χ0v) is 12.8. The Kier molecular flexibility index (Phi) is 4.17. The maximum absolute atomic E-state index is 11.9. The van der Waals surface area contributed by atoms with Crippen molar-refractivity contribution in [1.82, 2.24) is 15.6 Å². The van der Waals surface area contributed by atoms with E-state index in [1.54, 1.807) is 0 Å². The Morgan fingerprint density at radius 2 is 2.24 bits per heavy atom. The van der Waals surface area contributed by atoms with Gasteiger partial charge in [-0.15, -0.1) is 0 Å². The van der Waals surface area contributed by atoms with Crippen LogP contribution in [0.15, 0.2) is 24.3 Å². The molecular weight excluding hydrogens is 286 g/mol. The van der Waals surface area contributed by atoms with Crippen molar-refractivity contribution in [2.24, 2.45) is 11.8 Å². The summed E-state index contributed by atoms with van der Waals surface area (Å²) in [4.78, 5) is 15.2. The molecule has 21 heavy (non-hydrogen) atoms. The molecule has 2 heterocycles. The van der Waals surface area contributed by atoms with Crippen molar-refractivity contribution in [2.75, 3.05) is 13.1 Å². The number of aromatic nitrogens is 1. The fourth-order valence-electron chi connectivity index (χ4n) is 2.93. The number of fused-ring (bicyclic) bond motifs is 1. The highest BCUT2D eigenvalue weighted by molar-refractivity contribution is 6.31. The van der Waals surface area contributed by atoms with E-state index in [-0.39, 0.29) is 11.8 Å². The fraction of sp³-hybridized carbons (Fsp3) is 0.438. The number of hydrogen-bond acceptors (Lipinski definition) is 2. The van der Waals surface area contributed by atoms with Crippen molar-refractivity contribution in [3.05, 3.63) is 35.0 Å². The lowest BCUT2D eigenvalue weighted by Gasteiger charge is -2.28. The van der Waals surface area contributed by atoms with E-state index < -0.39 is 0 Å². The van der Waals surface area contributed by atoms with E-state index in [4.69, 9.17) is 11.6 Å². The van der Waals surface area contributed by atoms with Gasteiger partial charge in [0.2, 0.25) is 5.91 Å². The normalized spacial score (nSPS) is 22.5. The topological polar surface area (TPSA) is 56.9 Å². The molecule has 3 rings (SSSR count). The maximum atomic E-state index is 11.9. The second-order valence-electron chi connectivity index (χ2n) is 5.82. The molecule has 2 aromatic rings. The van der Waals surface area contributed by atoms with Gasteiger partial charge in [-0.3, -0.25) is 4.79 Å². The first-order valence-electron chi connectivity index (χ1n) is 7.39. The van der Waals surface area contributed by atoms with Gasteiger partial charge in [-0.05, 0) is 36.6 Å². The molecule has 0 bridgehead atoms. The molecule has 1 saturated heterocycles. The molecule has 2 unspecified atom stereocenters. The van der Waals surface area contributed by atoms with E-state index in [1.165, 1.54) is 0 Å². The van der Waals surface area contributed by atoms with E-state index in [9.17, 15) is 4.79 Å². The molecule has 2 atom stereocenters. The van der Waals surface area contributed by atoms with Crippen LogP contribution in [0.1, 0.15) is 19.0 Å². The third-order valence-electron chi connectivity index (χ3n) is 4.24. The minimum absolute atomic E-state index is 0.0672. The number of halogens is 1. The van der Waals surface area contributed by atoms with Crippen LogP contribution >= 0.6 is 11.6 Å². The molecule has 5 heteroatoms. The molecule has 1 aliphatic rings. The van der Waals surface area contributed by atoms with Crippen LogP contribution in [-0.4, -0.2) is 24.0 Å². The predicted octanol–water partition coefficient (Wildman–Crippen LogP) is 2.68. The van der Waals surface area contributed by atoms with Gasteiger partial charge in [-0.2, -0.15) is 0 Å². The third-order valence-corrected chi connectivity index (χ3v) is 4.48. The summed E-state index contributed by atoms with van der Waals surface area (Å²) in [5, 5.41) is 8.18. The summed E-state index contributed by atoms with van der Waals surface area (Å²) in [5.41, 5.74) is 2.19. The van der Waals surface area contributed by atoms with Crippen molar-refractivity contribution in [3.8, 4) is 0 Å². The van der Waals surface area contributed by atoms with Crippen molar-refractivity contribution >= 4 is 28.4 Å². The molecule has 1 aromatic carbocycles. The van der Waals surface area contributed by atoms with Crippen LogP contribution in [0.5, 0.6) is 0 Å². The highest BCUT2D eigenvalue weighted by Crippen LogP contribution is 2.21. The van der Waals surface area contributed by atoms with Crippen LogP contribution in [-0.2, 0) is 11.3 Å². The first-order valence-corrected chi connectivity index (χ1v) is 7.77. The highest BCUT2D eigenvalue weighted by Gasteiger charge is 2.28. The molecule has 4 nitrogen and oxygen atoms in total. The van der Waals surface area contributed by atoms with E-state index in [2.05, 4.69) is 28.6 Å². The van der Waals surface area contributed by atoms with E-state index in [1.807, 2.05) is 18.2 Å². The molecule has 3 N–H and O–H groups in total. The molecular formula is C16H20ClN3O. The van der Waals surface area contributed by atoms with Crippen molar-refractivity contribution in [1.29, 1.82) is 0 Å². The number of H-pyrrole nitrogens is 1. The summed E-state index contributed by atoms with van der Waals surface area (Å²) >= 11 is 5.99. The number of carbonyl (C=O) groups excluding carboxylic acids is 1. The van der Waals surface area contributed by atoms with Crippen LogP contribution in [0.4, 0.5) is 0 Å². The molecule has 1 aliphatic heterocycles. The number of benzene rings is 1. The Hall–Kier alpha value is -1.52. The Balaban J connectivity index is 1.60. The SMILES string of the molecule is CC1CCNC(=O)C1CNCc1cc2cc(Cl)ccc2[nH]1. The number of nitrogens with one attached hydrogen (secondary N) is 3. The average Bonchev–Trinajstić information content (AvgIpc) is 2.84. The summed E-state index contributed by atoms with van der Waals surface area (Å²) in [7, 11) is 0. The van der Waals surface area contributed by atoms with E-state index in [0.717, 1.165) is 41.1 Å². The van der Waals surface area contributed by atoms with Crippen LogP contribution in [0.3, 0.4) is 0 Å². The highest BCUT2D eigenvalue weighted by atomic mass is 35.5. The smallest absolute Gasteiger partial charge is 0.224 e. The summed E-state index contributed by atoms with van der Waals surface area (Å²) in [6, 6.07) is 7.91. The maximum Gasteiger partial charge on any atom is 0.224 e. The molecule has 0 aliphatic carbocycles. The quantitative estimate of drug-likeness (QED) is 0.813. The van der Waals surface area contributed by atoms with Gasteiger partial charge in [-0.25, -0.2) is 0 Å². The van der Waals surface area contributed by atoms with Crippen LogP contribution in [0, 0.1) is 11.8 Å². The molecule has 1 fully saturated rings. The number of hydrogen-bond donors (Lipinski definition) is 3. The Bertz CT molecular complexity index is 652. The summed E-state index contributed by atoms with van der Waals surface area (Å²) in [6.45, 7) is 4.39. The van der Waals surface area contributed by atoms with Gasteiger partial charge < -0.3 is 15.6 Å². The zero-order valence-electron chi connectivity index (χ0n) is 12.1. The molecule has 0 spiro atoms. The number of aromatic amines is 1. The van der Waals surface area contributed by atoms with Crippen LogP contribution in [0.2, 0.25) is 5.02 Å². The minimum Gasteiger partial charge on any atom is -0.357 e. The second-order valence-corrected chi connectivity index (χ2v) is 6.26.